The molecule has 0 bridgehead atoms. The number of carbonyl (C=O) groups is 2. The molecule has 0 aliphatic heterocycles. The fourth-order valence-corrected chi connectivity index (χ4v) is 4.60. The molecule has 0 spiro atoms. The third kappa shape index (κ3) is 2.83. The van der Waals surface area contributed by atoms with Crippen molar-refractivity contribution in [3.63, 3.8) is 0 Å². The number of nitrogens with one attached hydrogen (secondary N) is 1. The molecule has 3 atom stereocenters. The van der Waals surface area contributed by atoms with Gasteiger partial charge in [-0.05, 0) is 37.1 Å². The summed E-state index contributed by atoms with van der Waals surface area (Å²) in [5, 5.41) is 13.1. The van der Waals surface area contributed by atoms with E-state index in [4.69, 9.17) is 0 Å². The van der Waals surface area contributed by atoms with Gasteiger partial charge in [0.05, 0.1) is 11.5 Å². The van der Waals surface area contributed by atoms with Crippen LogP contribution in [0.15, 0.2) is 84.9 Å². The summed E-state index contributed by atoms with van der Waals surface area (Å²) in [7, 11) is 0. The Hall–Kier alpha value is -3.71. The summed E-state index contributed by atoms with van der Waals surface area (Å²) in [5.41, 5.74) is 0.260. The lowest BCUT2D eigenvalue weighted by Gasteiger charge is -2.15. The highest BCUT2D eigenvalue weighted by Crippen LogP contribution is 2.75. The van der Waals surface area contributed by atoms with E-state index in [1.54, 1.807) is 37.3 Å². The zero-order chi connectivity index (χ0) is 21.4. The molecule has 1 amide bonds. The number of amides is 1. The molecule has 0 unspecified atom stereocenters. The summed E-state index contributed by atoms with van der Waals surface area (Å²) in [6, 6.07) is 27.9. The monoisotopic (exact) mass is 394 g/mol. The van der Waals surface area contributed by atoms with Crippen molar-refractivity contribution in [1.82, 2.24) is 0 Å². The highest BCUT2D eigenvalue weighted by Gasteiger charge is 2.82. The lowest BCUT2D eigenvalue weighted by atomic mass is 9.87. The minimum Gasteiger partial charge on any atom is -0.325 e. The molecule has 0 heterocycles. The van der Waals surface area contributed by atoms with Gasteiger partial charge < -0.3 is 5.32 Å². The maximum Gasteiger partial charge on any atom is 0.246 e. The Bertz CT molecular complexity index is 1150. The van der Waals surface area contributed by atoms with E-state index in [-0.39, 0.29) is 5.78 Å². The molecule has 3 aromatic carbocycles. The fraction of sp³-hybridized carbons (Fsp3) is 0.192. The average molecular weight is 394 g/mol. The lowest BCUT2D eigenvalue weighted by molar-refractivity contribution is -0.120. The summed E-state index contributed by atoms with van der Waals surface area (Å²) in [4.78, 5) is 27.1. The molecule has 4 rings (SSSR count). The summed E-state index contributed by atoms with van der Waals surface area (Å²) in [6.45, 7) is 3.67. The number of rotatable bonds is 5. The van der Waals surface area contributed by atoms with Crippen LogP contribution in [-0.4, -0.2) is 11.7 Å². The van der Waals surface area contributed by atoms with E-state index in [2.05, 4.69) is 11.4 Å². The van der Waals surface area contributed by atoms with Crippen molar-refractivity contribution in [2.75, 3.05) is 5.32 Å². The lowest BCUT2D eigenvalue weighted by Crippen LogP contribution is -2.31. The van der Waals surface area contributed by atoms with Crippen LogP contribution in [0.4, 0.5) is 5.69 Å². The first-order chi connectivity index (χ1) is 14.4. The molecule has 3 aromatic rings. The van der Waals surface area contributed by atoms with E-state index in [1.807, 2.05) is 61.5 Å². The van der Waals surface area contributed by atoms with Crippen molar-refractivity contribution in [2.24, 2.45) is 10.8 Å². The standard InChI is InChI=1S/C26H22N2O2/c1-18-10-9-15-21(16-18)28-24(30)26(17-27)22(19-11-5-3-6-12-19)25(26,2)23(29)20-13-7-4-8-14-20/h3-16,22H,1-2H3,(H,28,30)/t22-,25+,26+/m1/s1. The van der Waals surface area contributed by atoms with Gasteiger partial charge in [-0.1, -0.05) is 72.8 Å². The van der Waals surface area contributed by atoms with Crippen molar-refractivity contribution in [2.45, 2.75) is 19.8 Å². The van der Waals surface area contributed by atoms with Crippen LogP contribution in [0.1, 0.15) is 34.3 Å². The second-order valence-corrected chi connectivity index (χ2v) is 7.98. The number of benzene rings is 3. The average Bonchev–Trinajstić information content (AvgIpc) is 3.35. The predicted molar refractivity (Wildman–Crippen MR) is 116 cm³/mol. The maximum atomic E-state index is 13.6. The van der Waals surface area contributed by atoms with Gasteiger partial charge in [0.25, 0.3) is 0 Å². The van der Waals surface area contributed by atoms with Crippen LogP contribution >= 0.6 is 0 Å². The topological polar surface area (TPSA) is 70.0 Å². The largest absolute Gasteiger partial charge is 0.325 e. The number of hydrogen-bond donors (Lipinski definition) is 1. The number of carbonyl (C=O) groups excluding carboxylic acids is 2. The van der Waals surface area contributed by atoms with Gasteiger partial charge in [0.1, 0.15) is 0 Å². The van der Waals surface area contributed by atoms with Crippen LogP contribution in [-0.2, 0) is 4.79 Å². The van der Waals surface area contributed by atoms with Crippen LogP contribution in [0.2, 0.25) is 0 Å². The molecule has 0 radical (unpaired) electrons. The Labute approximate surface area is 176 Å². The van der Waals surface area contributed by atoms with Gasteiger partial charge in [0.2, 0.25) is 5.91 Å². The molecule has 4 nitrogen and oxygen atoms in total. The minimum absolute atomic E-state index is 0.196. The predicted octanol–water partition coefficient (Wildman–Crippen LogP) is 5.13. The van der Waals surface area contributed by atoms with Crippen molar-refractivity contribution in [3.05, 3.63) is 102 Å². The summed E-state index contributed by atoms with van der Waals surface area (Å²) >= 11 is 0. The number of Topliss-reactive ketones (excluding diaryl/α,β-unsaturated/α-hetero) is 1. The summed E-state index contributed by atoms with van der Waals surface area (Å²) in [5.74, 6) is -1.18. The normalized spacial score (nSPS) is 24.5. The number of hydrogen-bond acceptors (Lipinski definition) is 3. The Morgan fingerprint density at radius 1 is 0.933 bits per heavy atom. The first-order valence-electron chi connectivity index (χ1n) is 9.89. The third-order valence-electron chi connectivity index (χ3n) is 6.20. The first-order valence-corrected chi connectivity index (χ1v) is 9.89. The van der Waals surface area contributed by atoms with Crippen LogP contribution < -0.4 is 5.32 Å². The van der Waals surface area contributed by atoms with E-state index in [1.165, 1.54) is 0 Å². The molecular weight excluding hydrogens is 372 g/mol. The van der Waals surface area contributed by atoms with Crippen molar-refractivity contribution in [1.29, 1.82) is 5.26 Å². The van der Waals surface area contributed by atoms with E-state index >= 15 is 0 Å². The molecular formula is C26H22N2O2. The quantitative estimate of drug-likeness (QED) is 0.610. The number of aryl methyl sites for hydroxylation is 1. The minimum atomic E-state index is -1.50. The fourth-order valence-electron chi connectivity index (χ4n) is 4.60. The van der Waals surface area contributed by atoms with E-state index < -0.39 is 22.7 Å². The molecule has 1 saturated carbocycles. The number of nitriles is 1. The van der Waals surface area contributed by atoms with Crippen molar-refractivity contribution >= 4 is 17.4 Å². The Morgan fingerprint density at radius 2 is 1.57 bits per heavy atom. The van der Waals surface area contributed by atoms with E-state index in [0.29, 0.717) is 11.3 Å². The van der Waals surface area contributed by atoms with Crippen LogP contribution in [0.3, 0.4) is 0 Å². The van der Waals surface area contributed by atoms with Crippen molar-refractivity contribution in [3.8, 4) is 6.07 Å². The van der Waals surface area contributed by atoms with Gasteiger partial charge in [0, 0.05) is 17.2 Å². The molecule has 1 aliphatic rings. The molecule has 0 saturated heterocycles. The highest BCUT2D eigenvalue weighted by molar-refractivity contribution is 6.14. The zero-order valence-electron chi connectivity index (χ0n) is 16.9. The third-order valence-corrected chi connectivity index (χ3v) is 6.20. The highest BCUT2D eigenvalue weighted by atomic mass is 16.2. The van der Waals surface area contributed by atoms with Gasteiger partial charge in [-0.2, -0.15) is 5.26 Å². The van der Waals surface area contributed by atoms with Gasteiger partial charge in [-0.3, -0.25) is 9.59 Å². The molecule has 4 heteroatoms. The zero-order valence-corrected chi connectivity index (χ0v) is 16.9. The molecule has 1 aliphatic carbocycles. The number of anilines is 1. The smallest absolute Gasteiger partial charge is 0.246 e. The molecule has 1 N–H and O–H groups in total. The number of nitrogens with zero attached hydrogens (tertiary/aromatic N) is 1. The van der Waals surface area contributed by atoms with E-state index in [9.17, 15) is 14.9 Å². The molecule has 30 heavy (non-hydrogen) atoms. The second kappa shape index (κ2) is 7.27. The maximum absolute atomic E-state index is 13.6. The van der Waals surface area contributed by atoms with Gasteiger partial charge >= 0.3 is 0 Å². The molecule has 148 valence electrons. The Balaban J connectivity index is 1.79. The Morgan fingerprint density at radius 3 is 2.17 bits per heavy atom. The number of ketones is 1. The van der Waals surface area contributed by atoms with Crippen LogP contribution in [0, 0.1) is 29.1 Å². The SMILES string of the molecule is Cc1cccc(NC(=O)[C@]2(C#N)[C@H](c3ccccc3)[C@@]2(C)C(=O)c2ccccc2)c1. The van der Waals surface area contributed by atoms with Crippen LogP contribution in [0.5, 0.6) is 0 Å². The Kier molecular flexibility index (Phi) is 4.75. The van der Waals surface area contributed by atoms with Gasteiger partial charge in [-0.15, -0.1) is 0 Å². The van der Waals surface area contributed by atoms with Gasteiger partial charge in [-0.25, -0.2) is 0 Å². The summed E-state index contributed by atoms with van der Waals surface area (Å²) < 4.78 is 0. The van der Waals surface area contributed by atoms with Crippen LogP contribution in [0.25, 0.3) is 0 Å². The van der Waals surface area contributed by atoms with Crippen molar-refractivity contribution < 1.29 is 9.59 Å². The summed E-state index contributed by atoms with van der Waals surface area (Å²) in [6.07, 6.45) is 0. The second-order valence-electron chi connectivity index (χ2n) is 7.98. The van der Waals surface area contributed by atoms with E-state index in [0.717, 1.165) is 11.1 Å². The molecule has 1 fully saturated rings. The van der Waals surface area contributed by atoms with Gasteiger partial charge in [0.15, 0.2) is 11.2 Å². The molecule has 0 aromatic heterocycles. The first kappa shape index (κ1) is 19.6.